The predicted octanol–water partition coefficient (Wildman–Crippen LogP) is 3.72. The van der Waals surface area contributed by atoms with E-state index in [0.717, 1.165) is 37.2 Å². The van der Waals surface area contributed by atoms with Gasteiger partial charge in [-0.3, -0.25) is 0 Å². The lowest BCUT2D eigenvalue weighted by molar-refractivity contribution is -0.119. The van der Waals surface area contributed by atoms with Gasteiger partial charge in [0.2, 0.25) is 11.9 Å². The molecule has 10 heteroatoms. The van der Waals surface area contributed by atoms with Crippen molar-refractivity contribution in [3.05, 3.63) is 47.7 Å². The topological polar surface area (TPSA) is 75.4 Å². The first-order valence-electron chi connectivity index (χ1n) is 11.8. The Kier molecular flexibility index (Phi) is 6.20. The molecule has 8 nitrogen and oxygen atoms in total. The molecule has 1 spiro atoms. The molecule has 1 aliphatic carbocycles. The Labute approximate surface area is 197 Å². The molecule has 2 aromatic rings. The molecule has 1 aromatic carbocycles. The lowest BCUT2D eigenvalue weighted by atomic mass is 9.82. The quantitative estimate of drug-likeness (QED) is 0.654. The number of benzene rings is 1. The smallest absolute Gasteiger partial charge is 0.248 e. The maximum atomic E-state index is 13.0. The molecule has 0 radical (unpaired) electrons. The van der Waals surface area contributed by atoms with E-state index in [0.29, 0.717) is 37.3 Å². The van der Waals surface area contributed by atoms with Crippen molar-refractivity contribution in [1.82, 2.24) is 20.3 Å². The van der Waals surface area contributed by atoms with E-state index in [2.05, 4.69) is 27.3 Å². The van der Waals surface area contributed by atoms with Gasteiger partial charge in [-0.2, -0.15) is 0 Å². The van der Waals surface area contributed by atoms with E-state index in [1.54, 1.807) is 6.26 Å². The first-order chi connectivity index (χ1) is 16.3. The van der Waals surface area contributed by atoms with E-state index in [4.69, 9.17) is 19.0 Å². The molecular formula is C24H31F2N5O3. The number of hydrogen-bond donors (Lipinski definition) is 1. The van der Waals surface area contributed by atoms with Gasteiger partial charge < -0.3 is 19.0 Å². The number of oxazole rings is 1. The lowest BCUT2D eigenvalue weighted by Gasteiger charge is -2.34. The summed E-state index contributed by atoms with van der Waals surface area (Å²) in [6.07, 6.45) is 3.14. The van der Waals surface area contributed by atoms with Crippen LogP contribution >= 0.6 is 0 Å². The Morgan fingerprint density at radius 3 is 2.56 bits per heavy atom. The highest BCUT2D eigenvalue weighted by atomic mass is 19.3. The highest BCUT2D eigenvalue weighted by Crippen LogP contribution is 2.42. The summed E-state index contributed by atoms with van der Waals surface area (Å²) < 4.78 is 37.1. The van der Waals surface area contributed by atoms with Gasteiger partial charge in [-0.1, -0.05) is 12.1 Å². The molecule has 0 bridgehead atoms. The molecular weight excluding hydrogens is 444 g/mol. The molecule has 1 N–H and O–H groups in total. The fourth-order valence-corrected chi connectivity index (χ4v) is 4.61. The molecule has 1 aromatic heterocycles. The Balaban J connectivity index is 1.25. The number of aryl methyl sites for hydroxylation is 1. The number of aromatic nitrogens is 1. The second kappa shape index (κ2) is 9.14. The molecule has 184 valence electrons. The van der Waals surface area contributed by atoms with Crippen LogP contribution in [0.15, 0.2) is 39.9 Å². The minimum Gasteiger partial charge on any atom is -0.493 e. The van der Waals surface area contributed by atoms with Crippen LogP contribution in [0.1, 0.15) is 42.8 Å². The Morgan fingerprint density at radius 1 is 1.18 bits per heavy atom. The number of likely N-dealkylation sites (tertiary alicyclic amines) is 1. The summed E-state index contributed by atoms with van der Waals surface area (Å²) in [5.41, 5.74) is 4.39. The molecule has 34 heavy (non-hydrogen) atoms. The summed E-state index contributed by atoms with van der Waals surface area (Å²) in [6, 6.07) is 7.72. The molecule has 0 amide bonds. The van der Waals surface area contributed by atoms with E-state index in [1.165, 1.54) is 0 Å². The van der Waals surface area contributed by atoms with E-state index in [-0.39, 0.29) is 18.8 Å². The highest BCUT2D eigenvalue weighted by Gasteiger charge is 2.45. The molecule has 2 fully saturated rings. The average Bonchev–Trinajstić information content (AvgIpc) is 3.40. The van der Waals surface area contributed by atoms with Crippen molar-refractivity contribution in [2.45, 2.75) is 57.3 Å². The summed E-state index contributed by atoms with van der Waals surface area (Å²) in [5.74, 6) is -0.616. The van der Waals surface area contributed by atoms with Crippen LogP contribution in [0.3, 0.4) is 0 Å². The number of hydrogen-bond acceptors (Lipinski definition) is 8. The summed E-state index contributed by atoms with van der Waals surface area (Å²) >= 11 is 0. The zero-order chi connectivity index (χ0) is 23.8. The Bertz CT molecular complexity index is 1010. The number of piperidine rings is 1. The third-order valence-corrected chi connectivity index (χ3v) is 6.69. The number of nitrogens with zero attached hydrogens (tertiary/aromatic N) is 4. The van der Waals surface area contributed by atoms with Gasteiger partial charge in [-0.05, 0) is 24.7 Å². The number of aliphatic imine (C=N–C) groups is 1. The lowest BCUT2D eigenvalue weighted by Crippen LogP contribution is -2.43. The van der Waals surface area contributed by atoms with Gasteiger partial charge >= 0.3 is 0 Å². The molecule has 0 unspecified atom stereocenters. The van der Waals surface area contributed by atoms with Crippen molar-refractivity contribution in [2.75, 3.05) is 26.7 Å². The number of ether oxygens (including phenoxy) is 1. The van der Waals surface area contributed by atoms with Gasteiger partial charge in [0, 0.05) is 58.2 Å². The third-order valence-electron chi connectivity index (χ3n) is 6.69. The minimum atomic E-state index is -2.52. The van der Waals surface area contributed by atoms with Gasteiger partial charge in [-0.25, -0.2) is 29.1 Å². The van der Waals surface area contributed by atoms with Crippen LogP contribution in [-0.4, -0.2) is 59.1 Å². The highest BCUT2D eigenvalue weighted by molar-refractivity contribution is 5.80. The van der Waals surface area contributed by atoms with E-state index in [9.17, 15) is 8.78 Å². The van der Waals surface area contributed by atoms with Crippen LogP contribution in [-0.2, 0) is 17.9 Å². The minimum absolute atomic E-state index is 0.0746. The first-order valence-corrected chi connectivity index (χ1v) is 11.8. The standard InChI is InChI=1S/C24H31F2N5O3/c1-17-27-20(16-32-17)14-31(22-28-24(34-29-22)7-9-30(2)10-8-24)13-18-3-5-21(6-4-18)33-15-19-11-23(25,26)12-19/h3-6,16,19H,7-15H2,1-2H3,(H,28,29). The van der Waals surface area contributed by atoms with Crippen molar-refractivity contribution in [1.29, 1.82) is 0 Å². The zero-order valence-electron chi connectivity index (χ0n) is 19.6. The van der Waals surface area contributed by atoms with Gasteiger partial charge in [0.05, 0.1) is 18.8 Å². The Hall–Kier alpha value is -2.72. The monoisotopic (exact) mass is 475 g/mol. The van der Waals surface area contributed by atoms with Crippen LogP contribution < -0.4 is 10.2 Å². The Morgan fingerprint density at radius 2 is 1.91 bits per heavy atom. The fourth-order valence-electron chi connectivity index (χ4n) is 4.61. The van der Waals surface area contributed by atoms with Crippen LogP contribution in [0.25, 0.3) is 0 Å². The number of alkyl halides is 2. The third kappa shape index (κ3) is 5.33. The molecule has 2 aliphatic heterocycles. The van der Waals surface area contributed by atoms with Gasteiger partial charge in [0.15, 0.2) is 11.6 Å². The number of guanidine groups is 1. The van der Waals surface area contributed by atoms with Crippen molar-refractivity contribution in [3.63, 3.8) is 0 Å². The number of hydroxylamine groups is 1. The van der Waals surface area contributed by atoms with Crippen molar-refractivity contribution >= 4 is 5.96 Å². The maximum absolute atomic E-state index is 13.0. The zero-order valence-corrected chi connectivity index (χ0v) is 19.6. The maximum Gasteiger partial charge on any atom is 0.248 e. The van der Waals surface area contributed by atoms with Crippen molar-refractivity contribution < 1.29 is 22.8 Å². The number of nitrogens with one attached hydrogen (secondary N) is 1. The van der Waals surface area contributed by atoms with Crippen LogP contribution in [0, 0.1) is 12.8 Å². The number of halogens is 2. The van der Waals surface area contributed by atoms with Crippen molar-refractivity contribution in [3.8, 4) is 5.75 Å². The summed E-state index contributed by atoms with van der Waals surface area (Å²) in [6.45, 7) is 5.09. The van der Waals surface area contributed by atoms with E-state index >= 15 is 0 Å². The number of rotatable bonds is 7. The van der Waals surface area contributed by atoms with Crippen LogP contribution in [0.2, 0.25) is 0 Å². The van der Waals surface area contributed by atoms with Crippen molar-refractivity contribution in [2.24, 2.45) is 10.9 Å². The van der Waals surface area contributed by atoms with E-state index < -0.39 is 11.6 Å². The molecule has 3 heterocycles. The largest absolute Gasteiger partial charge is 0.493 e. The van der Waals surface area contributed by atoms with Gasteiger partial charge in [0.25, 0.3) is 0 Å². The second-order valence-corrected chi connectivity index (χ2v) is 9.69. The van der Waals surface area contributed by atoms with Gasteiger partial charge in [0.1, 0.15) is 12.0 Å². The summed E-state index contributed by atoms with van der Waals surface area (Å²) in [7, 11) is 2.11. The van der Waals surface area contributed by atoms with Gasteiger partial charge in [-0.15, -0.1) is 0 Å². The van der Waals surface area contributed by atoms with Crippen LogP contribution in [0.5, 0.6) is 5.75 Å². The summed E-state index contributed by atoms with van der Waals surface area (Å²) in [4.78, 5) is 19.7. The van der Waals surface area contributed by atoms with Crippen LogP contribution in [0.4, 0.5) is 8.78 Å². The molecule has 1 saturated heterocycles. The molecule has 5 rings (SSSR count). The average molecular weight is 476 g/mol. The fraction of sp³-hybridized carbons (Fsp3) is 0.583. The molecule has 3 aliphatic rings. The predicted molar refractivity (Wildman–Crippen MR) is 121 cm³/mol. The second-order valence-electron chi connectivity index (χ2n) is 9.69. The normalized spacial score (nSPS) is 21.7. The first kappa shape index (κ1) is 23.0. The SMILES string of the molecule is Cc1nc(CN(Cc2ccc(OCC3CC(F)(F)C3)cc2)C2=NC3(CCN(C)CC3)ON2)co1. The molecule has 1 saturated carbocycles. The summed E-state index contributed by atoms with van der Waals surface area (Å²) in [5, 5.41) is 0. The molecule has 0 atom stereocenters. The van der Waals surface area contributed by atoms with E-state index in [1.807, 2.05) is 31.2 Å².